The first kappa shape index (κ1) is 17.4. The van der Waals surface area contributed by atoms with Crippen LogP contribution in [0.15, 0.2) is 30.3 Å². The lowest BCUT2D eigenvalue weighted by Crippen LogP contribution is -2.38. The smallest absolute Gasteiger partial charge is 0.133 e. The quantitative estimate of drug-likeness (QED) is 0.867. The van der Waals surface area contributed by atoms with E-state index < -0.39 is 0 Å². The minimum absolute atomic E-state index is 0.681. The van der Waals surface area contributed by atoms with Crippen molar-refractivity contribution in [3.63, 3.8) is 0 Å². The van der Waals surface area contributed by atoms with E-state index >= 15 is 0 Å². The van der Waals surface area contributed by atoms with Gasteiger partial charge in [-0.1, -0.05) is 30.3 Å². The number of likely N-dealkylation sites (tertiary alicyclic amines) is 1. The van der Waals surface area contributed by atoms with Gasteiger partial charge in [0.15, 0.2) is 0 Å². The molecule has 4 rings (SSSR count). The van der Waals surface area contributed by atoms with Crippen LogP contribution in [0.25, 0.3) is 0 Å². The number of benzene rings is 1. The fraction of sp³-hybridized carbons (Fsp3) is 0.524. The predicted octanol–water partition coefficient (Wildman–Crippen LogP) is 2.75. The Kier molecular flexibility index (Phi) is 5.46. The number of hydrogen-bond donors (Lipinski definition) is 2. The minimum Gasteiger partial charge on any atom is -0.369 e. The van der Waals surface area contributed by atoms with Crippen molar-refractivity contribution in [3.05, 3.63) is 53.0 Å². The molecular formula is C21H29N5. The molecule has 1 saturated heterocycles. The third-order valence-corrected chi connectivity index (χ3v) is 5.46. The van der Waals surface area contributed by atoms with Crippen LogP contribution < -0.4 is 10.6 Å². The van der Waals surface area contributed by atoms with Crippen molar-refractivity contribution in [1.82, 2.24) is 20.2 Å². The van der Waals surface area contributed by atoms with Gasteiger partial charge in [-0.2, -0.15) is 0 Å². The molecule has 0 bridgehead atoms. The van der Waals surface area contributed by atoms with E-state index in [1.807, 2.05) is 6.92 Å². The van der Waals surface area contributed by atoms with Crippen LogP contribution in [0.4, 0.5) is 5.82 Å². The number of fused-ring (bicyclic) bond motifs is 1. The number of aromatic nitrogens is 2. The fourth-order valence-electron chi connectivity index (χ4n) is 4.17. The highest BCUT2D eigenvalue weighted by Crippen LogP contribution is 2.23. The fourth-order valence-corrected chi connectivity index (χ4v) is 4.17. The van der Waals surface area contributed by atoms with Crippen LogP contribution in [0.1, 0.15) is 35.5 Å². The number of anilines is 1. The van der Waals surface area contributed by atoms with Crippen LogP contribution in [-0.2, 0) is 19.5 Å². The number of hydrogen-bond acceptors (Lipinski definition) is 5. The van der Waals surface area contributed by atoms with Crippen LogP contribution in [0.5, 0.6) is 0 Å². The maximum atomic E-state index is 4.69. The van der Waals surface area contributed by atoms with Gasteiger partial charge in [0.05, 0.1) is 5.69 Å². The molecule has 1 aromatic heterocycles. The maximum absolute atomic E-state index is 4.69. The highest BCUT2D eigenvalue weighted by Gasteiger charge is 2.21. The zero-order chi connectivity index (χ0) is 17.8. The number of nitrogens with one attached hydrogen (secondary N) is 2. The van der Waals surface area contributed by atoms with Gasteiger partial charge in [0.1, 0.15) is 11.6 Å². The first-order chi connectivity index (χ1) is 12.8. The number of piperidine rings is 1. The Bertz CT molecular complexity index is 731. The summed E-state index contributed by atoms with van der Waals surface area (Å²) in [7, 11) is 0. The SMILES string of the molecule is Cc1nc2c(c(NC[C@@H]3CCCN(Cc4ccccc4)C3)n1)CCNC2. The van der Waals surface area contributed by atoms with Crippen LogP contribution >= 0.6 is 0 Å². The zero-order valence-electron chi connectivity index (χ0n) is 15.7. The summed E-state index contributed by atoms with van der Waals surface area (Å²) in [6.45, 7) is 8.30. The van der Waals surface area contributed by atoms with E-state index in [1.165, 1.54) is 36.2 Å². The summed E-state index contributed by atoms with van der Waals surface area (Å²) in [5.41, 5.74) is 3.89. The van der Waals surface area contributed by atoms with E-state index in [0.29, 0.717) is 5.92 Å². The third kappa shape index (κ3) is 4.22. The molecular weight excluding hydrogens is 322 g/mol. The van der Waals surface area contributed by atoms with Crippen LogP contribution in [0.2, 0.25) is 0 Å². The highest BCUT2D eigenvalue weighted by molar-refractivity contribution is 5.48. The monoisotopic (exact) mass is 351 g/mol. The summed E-state index contributed by atoms with van der Waals surface area (Å²) in [6, 6.07) is 10.8. The van der Waals surface area contributed by atoms with Crippen molar-refractivity contribution in [2.45, 2.75) is 39.3 Å². The summed E-state index contributed by atoms with van der Waals surface area (Å²) in [6.07, 6.45) is 3.60. The molecule has 2 aromatic rings. The second kappa shape index (κ2) is 8.14. The van der Waals surface area contributed by atoms with E-state index in [4.69, 9.17) is 4.98 Å². The Morgan fingerprint density at radius 3 is 3.00 bits per heavy atom. The van der Waals surface area contributed by atoms with E-state index in [2.05, 4.69) is 50.8 Å². The predicted molar refractivity (Wildman–Crippen MR) is 105 cm³/mol. The topological polar surface area (TPSA) is 53.1 Å². The molecule has 0 radical (unpaired) electrons. The largest absolute Gasteiger partial charge is 0.369 e. The van der Waals surface area contributed by atoms with Crippen LogP contribution in [0.3, 0.4) is 0 Å². The van der Waals surface area contributed by atoms with Crippen molar-refractivity contribution in [1.29, 1.82) is 0 Å². The molecule has 1 fully saturated rings. The number of aryl methyl sites for hydroxylation is 1. The molecule has 138 valence electrons. The average Bonchev–Trinajstić information content (AvgIpc) is 2.67. The average molecular weight is 351 g/mol. The maximum Gasteiger partial charge on any atom is 0.133 e. The summed E-state index contributed by atoms with van der Waals surface area (Å²) in [5.74, 6) is 2.61. The van der Waals surface area contributed by atoms with Gasteiger partial charge in [0.25, 0.3) is 0 Å². The lowest BCUT2D eigenvalue weighted by Gasteiger charge is -2.33. The lowest BCUT2D eigenvalue weighted by atomic mass is 9.97. The Balaban J connectivity index is 1.37. The molecule has 0 aliphatic carbocycles. The Labute approximate surface area is 156 Å². The summed E-state index contributed by atoms with van der Waals surface area (Å²) in [4.78, 5) is 11.9. The Morgan fingerprint density at radius 1 is 1.23 bits per heavy atom. The summed E-state index contributed by atoms with van der Waals surface area (Å²) >= 11 is 0. The van der Waals surface area contributed by atoms with Gasteiger partial charge < -0.3 is 10.6 Å². The molecule has 1 atom stereocenters. The van der Waals surface area contributed by atoms with Gasteiger partial charge in [-0.15, -0.1) is 0 Å². The highest BCUT2D eigenvalue weighted by atomic mass is 15.1. The van der Waals surface area contributed by atoms with E-state index in [1.54, 1.807) is 0 Å². The molecule has 0 spiro atoms. The first-order valence-electron chi connectivity index (χ1n) is 9.85. The van der Waals surface area contributed by atoms with Crippen LogP contribution in [-0.4, -0.2) is 41.0 Å². The summed E-state index contributed by atoms with van der Waals surface area (Å²) < 4.78 is 0. The first-order valence-corrected chi connectivity index (χ1v) is 9.85. The molecule has 2 aliphatic rings. The number of nitrogens with zero attached hydrogens (tertiary/aromatic N) is 3. The Hall–Kier alpha value is -1.98. The molecule has 0 saturated carbocycles. The Morgan fingerprint density at radius 2 is 2.12 bits per heavy atom. The van der Waals surface area contributed by atoms with E-state index in [-0.39, 0.29) is 0 Å². The number of rotatable bonds is 5. The molecule has 26 heavy (non-hydrogen) atoms. The molecule has 1 aromatic carbocycles. The zero-order valence-corrected chi connectivity index (χ0v) is 15.7. The van der Waals surface area contributed by atoms with E-state index in [9.17, 15) is 0 Å². The lowest BCUT2D eigenvalue weighted by molar-refractivity contribution is 0.173. The van der Waals surface area contributed by atoms with E-state index in [0.717, 1.165) is 50.8 Å². The molecule has 2 N–H and O–H groups in total. The summed E-state index contributed by atoms with van der Waals surface area (Å²) in [5, 5.41) is 7.07. The van der Waals surface area contributed by atoms with Crippen molar-refractivity contribution in [2.24, 2.45) is 5.92 Å². The standard InChI is InChI=1S/C21H29N5/c1-16-24-20-13-22-10-9-19(20)21(25-16)23-12-18-8-5-11-26(15-18)14-17-6-3-2-4-7-17/h2-4,6-7,18,22H,5,8-15H2,1H3,(H,23,24,25)/t18-/m0/s1. The molecule has 3 heterocycles. The third-order valence-electron chi connectivity index (χ3n) is 5.46. The van der Waals surface area contributed by atoms with Gasteiger partial charge in [0, 0.05) is 31.7 Å². The second-order valence-corrected chi connectivity index (χ2v) is 7.58. The molecule has 5 heteroatoms. The van der Waals surface area contributed by atoms with Crippen molar-refractivity contribution in [3.8, 4) is 0 Å². The molecule has 2 aliphatic heterocycles. The van der Waals surface area contributed by atoms with Gasteiger partial charge in [-0.25, -0.2) is 9.97 Å². The normalized spacial score (nSPS) is 20.6. The van der Waals surface area contributed by atoms with Crippen molar-refractivity contribution >= 4 is 5.82 Å². The molecule has 0 amide bonds. The van der Waals surface area contributed by atoms with Gasteiger partial charge >= 0.3 is 0 Å². The second-order valence-electron chi connectivity index (χ2n) is 7.58. The van der Waals surface area contributed by atoms with Crippen LogP contribution in [0, 0.1) is 12.8 Å². The van der Waals surface area contributed by atoms with Gasteiger partial charge in [0.2, 0.25) is 0 Å². The van der Waals surface area contributed by atoms with Gasteiger partial charge in [-0.05, 0) is 50.8 Å². The van der Waals surface area contributed by atoms with Gasteiger partial charge in [-0.3, -0.25) is 4.90 Å². The molecule has 0 unspecified atom stereocenters. The molecule has 5 nitrogen and oxygen atoms in total. The van der Waals surface area contributed by atoms with Crippen molar-refractivity contribution in [2.75, 3.05) is 31.5 Å². The van der Waals surface area contributed by atoms with Crippen molar-refractivity contribution < 1.29 is 0 Å². The minimum atomic E-state index is 0.681.